The Kier molecular flexibility index (Phi) is 4.05. The third-order valence-corrected chi connectivity index (χ3v) is 4.00. The Hall–Kier alpha value is -0.980. The van der Waals surface area contributed by atoms with Gasteiger partial charge in [-0.15, -0.1) is 0 Å². The standard InChI is InChI=1S/C15H21NO4/c1-10-18-9-13(17)15(19-10)12-8-14(20-16(12)2)11-6-4-3-5-7-11/h3-7,10,12-15,17H,8-9H2,1-2H3/t10-,12+,13-,14+,15+/m1/s1. The van der Waals surface area contributed by atoms with E-state index in [1.807, 2.05) is 37.2 Å². The maximum atomic E-state index is 10.1. The van der Waals surface area contributed by atoms with Crippen molar-refractivity contribution in [3.63, 3.8) is 0 Å². The van der Waals surface area contributed by atoms with E-state index in [9.17, 15) is 5.11 Å². The number of aliphatic hydroxyl groups excluding tert-OH is 1. The van der Waals surface area contributed by atoms with Crippen LogP contribution in [0.25, 0.3) is 0 Å². The monoisotopic (exact) mass is 279 g/mol. The molecule has 1 aromatic rings. The molecule has 20 heavy (non-hydrogen) atoms. The number of nitrogens with zero attached hydrogens (tertiary/aromatic N) is 1. The summed E-state index contributed by atoms with van der Waals surface area (Å²) in [5.74, 6) is 0. The van der Waals surface area contributed by atoms with Crippen molar-refractivity contribution in [1.82, 2.24) is 5.06 Å². The number of rotatable bonds is 2. The highest BCUT2D eigenvalue weighted by molar-refractivity contribution is 5.18. The molecule has 0 aromatic heterocycles. The van der Waals surface area contributed by atoms with Crippen LogP contribution in [0.5, 0.6) is 0 Å². The summed E-state index contributed by atoms with van der Waals surface area (Å²) in [4.78, 5) is 5.90. The van der Waals surface area contributed by atoms with Crippen molar-refractivity contribution in [2.45, 2.75) is 44.0 Å². The first-order valence-electron chi connectivity index (χ1n) is 7.05. The van der Waals surface area contributed by atoms with E-state index < -0.39 is 6.10 Å². The van der Waals surface area contributed by atoms with E-state index in [-0.39, 0.29) is 24.5 Å². The van der Waals surface area contributed by atoms with Gasteiger partial charge in [-0.3, -0.25) is 4.84 Å². The lowest BCUT2D eigenvalue weighted by atomic mass is 9.97. The molecule has 0 aliphatic carbocycles. The van der Waals surface area contributed by atoms with Gasteiger partial charge in [0.15, 0.2) is 6.29 Å². The lowest BCUT2D eigenvalue weighted by Crippen LogP contribution is -2.52. The van der Waals surface area contributed by atoms with Crippen LogP contribution in [0.4, 0.5) is 0 Å². The van der Waals surface area contributed by atoms with Gasteiger partial charge in [0.05, 0.1) is 12.6 Å². The zero-order chi connectivity index (χ0) is 14.1. The summed E-state index contributed by atoms with van der Waals surface area (Å²) in [6, 6.07) is 10.2. The highest BCUT2D eigenvalue weighted by Crippen LogP contribution is 2.36. The van der Waals surface area contributed by atoms with Crippen molar-refractivity contribution < 1.29 is 19.4 Å². The molecule has 110 valence electrons. The Bertz CT molecular complexity index is 441. The van der Waals surface area contributed by atoms with E-state index in [1.54, 1.807) is 0 Å². The fourth-order valence-corrected chi connectivity index (χ4v) is 2.92. The molecule has 5 atom stereocenters. The maximum Gasteiger partial charge on any atom is 0.155 e. The van der Waals surface area contributed by atoms with Crippen molar-refractivity contribution >= 4 is 0 Å². The molecule has 0 spiro atoms. The molecule has 0 saturated carbocycles. The smallest absolute Gasteiger partial charge is 0.155 e. The first-order chi connectivity index (χ1) is 9.65. The number of hydroxylamine groups is 2. The molecule has 0 bridgehead atoms. The van der Waals surface area contributed by atoms with E-state index in [0.717, 1.165) is 12.0 Å². The fourth-order valence-electron chi connectivity index (χ4n) is 2.92. The lowest BCUT2D eigenvalue weighted by Gasteiger charge is -2.37. The average molecular weight is 279 g/mol. The number of aliphatic hydroxyl groups is 1. The van der Waals surface area contributed by atoms with E-state index in [2.05, 4.69) is 12.1 Å². The number of ether oxygens (including phenoxy) is 2. The SMILES string of the molecule is C[C@@H]1OC[C@@H](O)[C@H]([C@@H]2C[C@@H](c3ccccc3)ON2C)O1. The van der Waals surface area contributed by atoms with Crippen LogP contribution in [0.1, 0.15) is 25.0 Å². The van der Waals surface area contributed by atoms with Crippen LogP contribution in [0, 0.1) is 0 Å². The van der Waals surface area contributed by atoms with Crippen molar-refractivity contribution in [3.8, 4) is 0 Å². The molecule has 2 fully saturated rings. The molecule has 0 unspecified atom stereocenters. The summed E-state index contributed by atoms with van der Waals surface area (Å²) in [6.07, 6.45) is -0.364. The van der Waals surface area contributed by atoms with E-state index >= 15 is 0 Å². The zero-order valence-electron chi connectivity index (χ0n) is 11.8. The van der Waals surface area contributed by atoms with Gasteiger partial charge in [-0.2, -0.15) is 5.06 Å². The topological polar surface area (TPSA) is 51.2 Å². The second kappa shape index (κ2) is 5.79. The summed E-state index contributed by atoms with van der Waals surface area (Å²) in [6.45, 7) is 2.16. The van der Waals surface area contributed by atoms with Crippen LogP contribution in [-0.4, -0.2) is 48.4 Å². The molecule has 0 amide bonds. The molecule has 2 heterocycles. The predicted octanol–water partition coefficient (Wildman–Crippen LogP) is 1.49. The van der Waals surface area contributed by atoms with Crippen molar-refractivity contribution in [1.29, 1.82) is 0 Å². The molecule has 3 rings (SSSR count). The van der Waals surface area contributed by atoms with Gasteiger partial charge < -0.3 is 14.6 Å². The highest BCUT2D eigenvalue weighted by atomic mass is 16.7. The van der Waals surface area contributed by atoms with E-state index in [1.165, 1.54) is 0 Å². The van der Waals surface area contributed by atoms with Gasteiger partial charge in [-0.25, -0.2) is 0 Å². The Morgan fingerprint density at radius 2 is 2.00 bits per heavy atom. The van der Waals surface area contributed by atoms with Crippen LogP contribution < -0.4 is 0 Å². The van der Waals surface area contributed by atoms with Crippen LogP contribution in [-0.2, 0) is 14.3 Å². The average Bonchev–Trinajstić information content (AvgIpc) is 2.84. The van der Waals surface area contributed by atoms with E-state index in [0.29, 0.717) is 6.61 Å². The summed E-state index contributed by atoms with van der Waals surface area (Å²) in [5, 5.41) is 11.9. The second-order valence-corrected chi connectivity index (χ2v) is 5.42. The highest BCUT2D eigenvalue weighted by Gasteiger charge is 2.43. The first-order valence-corrected chi connectivity index (χ1v) is 7.05. The quantitative estimate of drug-likeness (QED) is 0.889. The lowest BCUT2D eigenvalue weighted by molar-refractivity contribution is -0.269. The number of hydrogen-bond donors (Lipinski definition) is 1. The molecule has 0 radical (unpaired) electrons. The van der Waals surface area contributed by atoms with Crippen molar-refractivity contribution in [2.24, 2.45) is 0 Å². The summed E-state index contributed by atoms with van der Waals surface area (Å²) in [7, 11) is 1.89. The normalized spacial score (nSPS) is 39.0. The van der Waals surface area contributed by atoms with Gasteiger partial charge in [-0.1, -0.05) is 30.3 Å². The molecule has 5 heteroatoms. The Labute approximate surface area is 119 Å². The van der Waals surface area contributed by atoms with Crippen LogP contribution >= 0.6 is 0 Å². The fraction of sp³-hybridized carbons (Fsp3) is 0.600. The third kappa shape index (κ3) is 2.73. The third-order valence-electron chi connectivity index (χ3n) is 4.00. The Balaban J connectivity index is 1.72. The predicted molar refractivity (Wildman–Crippen MR) is 72.7 cm³/mol. The largest absolute Gasteiger partial charge is 0.388 e. The Morgan fingerprint density at radius 1 is 1.25 bits per heavy atom. The molecule has 1 aromatic carbocycles. The molecular formula is C15H21NO4. The van der Waals surface area contributed by atoms with Crippen LogP contribution in [0.3, 0.4) is 0 Å². The number of benzene rings is 1. The minimum absolute atomic E-state index is 0.0140. The molecular weight excluding hydrogens is 258 g/mol. The minimum Gasteiger partial charge on any atom is -0.388 e. The molecule has 2 aliphatic heterocycles. The molecule has 5 nitrogen and oxygen atoms in total. The van der Waals surface area contributed by atoms with Gasteiger partial charge in [0.1, 0.15) is 18.3 Å². The van der Waals surface area contributed by atoms with Gasteiger partial charge in [0, 0.05) is 13.5 Å². The number of hydrogen-bond acceptors (Lipinski definition) is 5. The molecule has 1 N–H and O–H groups in total. The maximum absolute atomic E-state index is 10.1. The minimum atomic E-state index is -0.614. The molecule has 2 aliphatic rings. The van der Waals surface area contributed by atoms with Gasteiger partial charge in [0.25, 0.3) is 0 Å². The van der Waals surface area contributed by atoms with Gasteiger partial charge >= 0.3 is 0 Å². The first kappa shape index (κ1) is 14.0. The van der Waals surface area contributed by atoms with Gasteiger partial charge in [0.2, 0.25) is 0 Å². The number of likely N-dealkylation sites (N-methyl/N-ethyl adjacent to an activating group) is 1. The van der Waals surface area contributed by atoms with Gasteiger partial charge in [-0.05, 0) is 12.5 Å². The van der Waals surface area contributed by atoms with Crippen LogP contribution in [0.15, 0.2) is 30.3 Å². The van der Waals surface area contributed by atoms with E-state index in [4.69, 9.17) is 14.3 Å². The summed E-state index contributed by atoms with van der Waals surface area (Å²) in [5.41, 5.74) is 1.15. The zero-order valence-corrected chi connectivity index (χ0v) is 11.8. The molecule has 2 saturated heterocycles. The Morgan fingerprint density at radius 3 is 2.75 bits per heavy atom. The second-order valence-electron chi connectivity index (χ2n) is 5.42. The van der Waals surface area contributed by atoms with Crippen LogP contribution in [0.2, 0.25) is 0 Å². The summed E-state index contributed by atoms with van der Waals surface area (Å²) < 4.78 is 11.0. The van der Waals surface area contributed by atoms with Crippen molar-refractivity contribution in [2.75, 3.05) is 13.7 Å². The summed E-state index contributed by atoms with van der Waals surface area (Å²) >= 11 is 0. The van der Waals surface area contributed by atoms with Crippen molar-refractivity contribution in [3.05, 3.63) is 35.9 Å².